The fraction of sp³-hybridized carbons (Fsp3) is 0. The average Bonchev–Trinajstić information content (AvgIpc) is 1.77. The Morgan fingerprint density at radius 3 is 1.62 bits per heavy atom. The minimum Gasteiger partial charge on any atom is -0.376 e. The lowest BCUT2D eigenvalue weighted by atomic mass is 11.4. The van der Waals surface area contributed by atoms with E-state index in [-0.39, 0.29) is 0 Å². The molecular formula is C2H4N4S2. The van der Waals surface area contributed by atoms with Crippen LogP contribution in [0.1, 0.15) is 0 Å². The zero-order valence-electron chi connectivity index (χ0n) is 3.87. The van der Waals surface area contributed by atoms with Crippen molar-refractivity contribution in [3.05, 3.63) is 0 Å². The summed E-state index contributed by atoms with van der Waals surface area (Å²) in [5, 5.41) is 0.897. The molecule has 8 heavy (non-hydrogen) atoms. The van der Waals surface area contributed by atoms with E-state index in [0.29, 0.717) is 10.3 Å². The minimum absolute atomic E-state index is 0.448. The van der Waals surface area contributed by atoms with Gasteiger partial charge in [-0.15, -0.1) is 0 Å². The van der Waals surface area contributed by atoms with E-state index in [4.69, 9.17) is 11.5 Å². The van der Waals surface area contributed by atoms with Gasteiger partial charge in [0, 0.05) is 0 Å². The molecule has 44 valence electrons. The first-order chi connectivity index (χ1) is 3.79. The number of amidine groups is 2. The van der Waals surface area contributed by atoms with Crippen molar-refractivity contribution in [2.45, 2.75) is 0 Å². The van der Waals surface area contributed by atoms with Gasteiger partial charge in [-0.25, -0.2) is 0 Å². The van der Waals surface area contributed by atoms with Gasteiger partial charge in [0.15, 0.2) is 10.3 Å². The highest BCUT2D eigenvalue weighted by Gasteiger charge is 2.01. The second kappa shape index (κ2) is 2.27. The molecule has 0 radical (unpaired) electrons. The quantitative estimate of drug-likeness (QED) is 0.471. The molecule has 0 aliphatic carbocycles. The maximum atomic E-state index is 5.23. The van der Waals surface area contributed by atoms with Crippen molar-refractivity contribution >= 4 is 34.2 Å². The second-order valence-electron chi connectivity index (χ2n) is 1.04. The van der Waals surface area contributed by atoms with E-state index < -0.39 is 0 Å². The van der Waals surface area contributed by atoms with Crippen molar-refractivity contribution in [1.29, 1.82) is 0 Å². The molecule has 0 amide bonds. The lowest BCUT2D eigenvalue weighted by Gasteiger charge is -1.99. The van der Waals surface area contributed by atoms with Gasteiger partial charge in [0.2, 0.25) is 0 Å². The summed E-state index contributed by atoms with van der Waals surface area (Å²) >= 11 is 2.19. The summed E-state index contributed by atoms with van der Waals surface area (Å²) in [7, 11) is 0. The largest absolute Gasteiger partial charge is 0.376 e. The van der Waals surface area contributed by atoms with Crippen LogP contribution in [0.3, 0.4) is 0 Å². The van der Waals surface area contributed by atoms with Crippen LogP contribution in [-0.2, 0) is 0 Å². The third kappa shape index (κ3) is 1.31. The summed E-state index contributed by atoms with van der Waals surface area (Å²) in [4.78, 5) is 0. The molecular weight excluding hydrogens is 144 g/mol. The van der Waals surface area contributed by atoms with E-state index in [9.17, 15) is 0 Å². The van der Waals surface area contributed by atoms with Crippen LogP contribution < -0.4 is 11.5 Å². The molecule has 6 heteroatoms. The summed E-state index contributed by atoms with van der Waals surface area (Å²) in [6.45, 7) is 0. The highest BCUT2D eigenvalue weighted by atomic mass is 32.2. The van der Waals surface area contributed by atoms with Gasteiger partial charge in [0.05, 0.1) is 23.9 Å². The molecule has 1 aliphatic heterocycles. The molecule has 0 unspecified atom stereocenters. The molecule has 0 aromatic heterocycles. The number of nitrogens with two attached hydrogens (primary N) is 2. The van der Waals surface area contributed by atoms with Crippen molar-refractivity contribution in [2.75, 3.05) is 0 Å². The first-order valence-corrected chi connectivity index (χ1v) is 3.34. The van der Waals surface area contributed by atoms with Crippen LogP contribution in [0, 0.1) is 0 Å². The molecule has 4 N–H and O–H groups in total. The second-order valence-corrected chi connectivity index (χ2v) is 2.61. The van der Waals surface area contributed by atoms with Gasteiger partial charge in [-0.3, -0.25) is 0 Å². The van der Waals surface area contributed by atoms with Crippen molar-refractivity contribution in [1.82, 2.24) is 0 Å². The molecule has 0 saturated carbocycles. The van der Waals surface area contributed by atoms with Crippen LogP contribution >= 0.6 is 23.9 Å². The third-order valence-corrected chi connectivity index (χ3v) is 1.82. The van der Waals surface area contributed by atoms with Crippen LogP contribution in [0.25, 0.3) is 0 Å². The molecule has 0 fully saturated rings. The third-order valence-electron chi connectivity index (χ3n) is 0.458. The Kier molecular flexibility index (Phi) is 1.64. The zero-order chi connectivity index (χ0) is 5.98. The molecule has 1 rings (SSSR count). The molecule has 0 aromatic rings. The summed E-state index contributed by atoms with van der Waals surface area (Å²) in [6.07, 6.45) is 0. The van der Waals surface area contributed by atoms with Crippen molar-refractivity contribution in [2.24, 2.45) is 20.3 Å². The van der Waals surface area contributed by atoms with Gasteiger partial charge in [0.1, 0.15) is 0 Å². The summed E-state index contributed by atoms with van der Waals surface area (Å²) < 4.78 is 7.46. The predicted octanol–water partition coefficient (Wildman–Crippen LogP) is -0.0742. The maximum Gasteiger partial charge on any atom is 0.189 e. The monoisotopic (exact) mass is 148 g/mol. The standard InChI is InChI=1S/C2H4N4S2/c3-1-5-8-2(4)6-7-1/h(H2,3,5)(H2,4,6). The molecule has 1 heterocycles. The van der Waals surface area contributed by atoms with E-state index >= 15 is 0 Å². The maximum absolute atomic E-state index is 5.23. The van der Waals surface area contributed by atoms with Gasteiger partial charge in [0.25, 0.3) is 0 Å². The molecule has 0 saturated heterocycles. The van der Waals surface area contributed by atoms with E-state index in [1.165, 1.54) is 0 Å². The highest BCUT2D eigenvalue weighted by molar-refractivity contribution is 8.20. The van der Waals surface area contributed by atoms with Crippen LogP contribution in [0.5, 0.6) is 0 Å². The zero-order valence-corrected chi connectivity index (χ0v) is 5.50. The Morgan fingerprint density at radius 2 is 1.38 bits per heavy atom. The Morgan fingerprint density at radius 1 is 1.00 bits per heavy atom. The van der Waals surface area contributed by atoms with Gasteiger partial charge in [-0.1, -0.05) is 0 Å². The molecule has 1 aliphatic rings. The lowest BCUT2D eigenvalue weighted by Crippen LogP contribution is -2.13. The number of hydrogen-bond acceptors (Lipinski definition) is 6. The number of hydrogen-bond donors (Lipinski definition) is 2. The smallest absolute Gasteiger partial charge is 0.189 e. The Balaban J connectivity index is 2.54. The molecule has 0 spiro atoms. The predicted molar refractivity (Wildman–Crippen MR) is 38.4 cm³/mol. The molecule has 4 nitrogen and oxygen atoms in total. The van der Waals surface area contributed by atoms with Crippen LogP contribution in [0.4, 0.5) is 0 Å². The van der Waals surface area contributed by atoms with Crippen molar-refractivity contribution in [3.8, 4) is 0 Å². The lowest BCUT2D eigenvalue weighted by molar-refractivity contribution is 1.70. The number of nitrogens with zero attached hydrogens (tertiary/aromatic N) is 2. The van der Waals surface area contributed by atoms with Crippen LogP contribution in [-0.4, -0.2) is 10.3 Å². The first kappa shape index (κ1) is 5.77. The number of rotatable bonds is 0. The first-order valence-electron chi connectivity index (χ1n) is 1.80. The Labute approximate surface area is 55.1 Å². The topological polar surface area (TPSA) is 76.8 Å². The van der Waals surface area contributed by atoms with E-state index in [1.54, 1.807) is 0 Å². The van der Waals surface area contributed by atoms with E-state index in [2.05, 4.69) is 8.80 Å². The molecule has 0 aromatic carbocycles. The van der Waals surface area contributed by atoms with E-state index in [0.717, 1.165) is 23.9 Å². The van der Waals surface area contributed by atoms with Crippen LogP contribution in [0.2, 0.25) is 0 Å². The summed E-state index contributed by atoms with van der Waals surface area (Å²) in [5.41, 5.74) is 10.5. The van der Waals surface area contributed by atoms with Gasteiger partial charge in [-0.2, -0.15) is 8.80 Å². The highest BCUT2D eigenvalue weighted by Crippen LogP contribution is 2.15. The SMILES string of the molecule is NC1=NSC(N)=NS1. The average molecular weight is 148 g/mol. The fourth-order valence-corrected chi connectivity index (χ4v) is 1.07. The summed E-state index contributed by atoms with van der Waals surface area (Å²) in [5.74, 6) is 0. The normalized spacial score (nSPS) is 19.5. The molecule has 0 bridgehead atoms. The van der Waals surface area contributed by atoms with E-state index in [1.807, 2.05) is 0 Å². The summed E-state index contributed by atoms with van der Waals surface area (Å²) in [6, 6.07) is 0. The van der Waals surface area contributed by atoms with Gasteiger partial charge in [-0.05, 0) is 0 Å². The fourth-order valence-electron chi connectivity index (χ4n) is 0.217. The van der Waals surface area contributed by atoms with Crippen molar-refractivity contribution in [3.63, 3.8) is 0 Å². The Hall–Kier alpha value is -0.360. The van der Waals surface area contributed by atoms with Gasteiger partial charge < -0.3 is 11.5 Å². The minimum atomic E-state index is 0.448. The van der Waals surface area contributed by atoms with Crippen molar-refractivity contribution < 1.29 is 0 Å². The Bertz CT molecular complexity index is 132. The van der Waals surface area contributed by atoms with Crippen LogP contribution in [0.15, 0.2) is 8.80 Å². The molecule has 0 atom stereocenters. The van der Waals surface area contributed by atoms with Gasteiger partial charge >= 0.3 is 0 Å².